The molecule has 5 nitrogen and oxygen atoms in total. The molecule has 0 radical (unpaired) electrons. The van der Waals surface area contributed by atoms with Crippen LogP contribution in [0.5, 0.6) is 0 Å². The molecule has 4 rings (SSSR count). The zero-order valence-electron chi connectivity index (χ0n) is 13.5. The number of aromatic nitrogens is 1. The van der Waals surface area contributed by atoms with E-state index in [1.54, 1.807) is 11.1 Å². The van der Waals surface area contributed by atoms with E-state index < -0.39 is 15.1 Å². The molecule has 0 saturated carbocycles. The molecular weight excluding hydrogens is 356 g/mol. The number of hydrogen-bond donors (Lipinski definition) is 0. The van der Waals surface area contributed by atoms with Crippen molar-refractivity contribution in [3.8, 4) is 0 Å². The van der Waals surface area contributed by atoms with E-state index in [9.17, 15) is 13.2 Å². The third kappa shape index (κ3) is 3.09. The number of pyridine rings is 1. The maximum Gasteiger partial charge on any atom is 0.255 e. The van der Waals surface area contributed by atoms with Crippen LogP contribution in [-0.4, -0.2) is 42.5 Å². The second kappa shape index (κ2) is 6.31. The standard InChI is InChI=1S/C18H18N2O3S2/c21-18(14-12-15-4-1-2-7-20(15)13-14)19-8-6-17(16-5-3-10-24-16)25(22,23)11-9-19/h1-5,7,10,12-13,17H,6,8-9,11H2. The Kier molecular flexibility index (Phi) is 4.13. The molecule has 0 aromatic carbocycles. The van der Waals surface area contributed by atoms with Gasteiger partial charge in [-0.25, -0.2) is 8.42 Å². The molecule has 0 spiro atoms. The summed E-state index contributed by atoms with van der Waals surface area (Å²) >= 11 is 1.46. The first-order valence-corrected chi connectivity index (χ1v) is 10.7. The lowest BCUT2D eigenvalue weighted by atomic mass is 10.2. The summed E-state index contributed by atoms with van der Waals surface area (Å²) in [5.74, 6) is -0.0972. The molecular formula is C18H18N2O3S2. The third-order valence-corrected chi connectivity index (χ3v) is 7.88. The van der Waals surface area contributed by atoms with Crippen molar-refractivity contribution < 1.29 is 13.2 Å². The summed E-state index contributed by atoms with van der Waals surface area (Å²) in [6, 6.07) is 11.4. The molecule has 130 valence electrons. The predicted octanol–water partition coefficient (Wildman–Crippen LogP) is 3.00. The van der Waals surface area contributed by atoms with Crippen molar-refractivity contribution in [2.45, 2.75) is 11.7 Å². The third-order valence-electron chi connectivity index (χ3n) is 4.64. The van der Waals surface area contributed by atoms with E-state index in [1.807, 2.05) is 52.4 Å². The maximum atomic E-state index is 12.8. The first-order chi connectivity index (χ1) is 12.0. The van der Waals surface area contributed by atoms with Crippen LogP contribution in [-0.2, 0) is 9.84 Å². The van der Waals surface area contributed by atoms with E-state index in [0.29, 0.717) is 18.5 Å². The number of carbonyl (C=O) groups is 1. The van der Waals surface area contributed by atoms with Crippen LogP contribution >= 0.6 is 11.3 Å². The van der Waals surface area contributed by atoms with E-state index in [4.69, 9.17) is 0 Å². The van der Waals surface area contributed by atoms with Gasteiger partial charge in [0, 0.05) is 35.9 Å². The van der Waals surface area contributed by atoms with Crippen molar-refractivity contribution in [1.29, 1.82) is 0 Å². The van der Waals surface area contributed by atoms with Crippen molar-refractivity contribution in [2.75, 3.05) is 18.8 Å². The van der Waals surface area contributed by atoms with Crippen LogP contribution in [0.25, 0.3) is 5.52 Å². The van der Waals surface area contributed by atoms with Crippen LogP contribution in [0.15, 0.2) is 54.2 Å². The second-order valence-electron chi connectivity index (χ2n) is 6.21. The van der Waals surface area contributed by atoms with Crippen LogP contribution in [0.1, 0.15) is 26.9 Å². The number of fused-ring (bicyclic) bond motifs is 1. The molecule has 3 aromatic rings. The molecule has 1 amide bonds. The Morgan fingerprint density at radius 3 is 2.80 bits per heavy atom. The summed E-state index contributed by atoms with van der Waals surface area (Å²) in [6.07, 6.45) is 4.14. The Labute approximate surface area is 150 Å². The number of amides is 1. The molecule has 7 heteroatoms. The molecule has 1 aliphatic heterocycles. The van der Waals surface area contributed by atoms with Gasteiger partial charge in [-0.05, 0) is 36.1 Å². The Hall–Kier alpha value is -2.12. The number of carbonyl (C=O) groups excluding carboxylic acids is 1. The van der Waals surface area contributed by atoms with Crippen LogP contribution < -0.4 is 0 Å². The maximum absolute atomic E-state index is 12.8. The minimum absolute atomic E-state index is 0.00861. The molecule has 4 heterocycles. The van der Waals surface area contributed by atoms with Gasteiger partial charge < -0.3 is 9.30 Å². The average molecular weight is 374 g/mol. The molecule has 1 atom stereocenters. The fourth-order valence-corrected chi connectivity index (χ4v) is 6.30. The molecule has 25 heavy (non-hydrogen) atoms. The fourth-order valence-electron chi connectivity index (χ4n) is 3.30. The lowest BCUT2D eigenvalue weighted by molar-refractivity contribution is 0.0767. The topological polar surface area (TPSA) is 58.9 Å². The van der Waals surface area contributed by atoms with Gasteiger partial charge in [0.2, 0.25) is 0 Å². The van der Waals surface area contributed by atoms with Crippen molar-refractivity contribution in [3.05, 3.63) is 64.6 Å². The molecule has 0 bridgehead atoms. The van der Waals surface area contributed by atoms with Crippen LogP contribution in [0, 0.1) is 0 Å². The zero-order chi connectivity index (χ0) is 17.4. The minimum Gasteiger partial charge on any atom is -0.338 e. The van der Waals surface area contributed by atoms with Crippen LogP contribution in [0.2, 0.25) is 0 Å². The molecule has 1 fully saturated rings. The van der Waals surface area contributed by atoms with Gasteiger partial charge in [0.15, 0.2) is 9.84 Å². The van der Waals surface area contributed by atoms with Gasteiger partial charge in [-0.1, -0.05) is 12.1 Å². The predicted molar refractivity (Wildman–Crippen MR) is 98.8 cm³/mol. The number of sulfone groups is 1. The monoisotopic (exact) mass is 374 g/mol. The lowest BCUT2D eigenvalue weighted by Gasteiger charge is -2.19. The van der Waals surface area contributed by atoms with Crippen molar-refractivity contribution in [3.63, 3.8) is 0 Å². The van der Waals surface area contributed by atoms with E-state index >= 15 is 0 Å². The van der Waals surface area contributed by atoms with Gasteiger partial charge in [-0.2, -0.15) is 0 Å². The quantitative estimate of drug-likeness (QED) is 0.693. The zero-order valence-corrected chi connectivity index (χ0v) is 15.2. The van der Waals surface area contributed by atoms with Gasteiger partial charge in [0.25, 0.3) is 5.91 Å². The van der Waals surface area contributed by atoms with E-state index in [1.165, 1.54) is 11.3 Å². The van der Waals surface area contributed by atoms with Gasteiger partial charge in [-0.15, -0.1) is 11.3 Å². The number of hydrogen-bond acceptors (Lipinski definition) is 4. The fraction of sp³-hybridized carbons (Fsp3) is 0.278. The summed E-state index contributed by atoms with van der Waals surface area (Å²) in [6.45, 7) is 0.696. The molecule has 3 aromatic heterocycles. The first-order valence-electron chi connectivity index (χ1n) is 8.15. The number of rotatable bonds is 2. The van der Waals surface area contributed by atoms with Gasteiger partial charge in [0.1, 0.15) is 0 Å². The second-order valence-corrected chi connectivity index (χ2v) is 9.50. The highest BCUT2D eigenvalue weighted by Crippen LogP contribution is 2.32. The Morgan fingerprint density at radius 1 is 1.16 bits per heavy atom. The summed E-state index contributed by atoms with van der Waals surface area (Å²) in [5, 5.41) is 1.39. The summed E-state index contributed by atoms with van der Waals surface area (Å²) < 4.78 is 27.1. The molecule has 0 aliphatic carbocycles. The molecule has 1 unspecified atom stereocenters. The minimum atomic E-state index is -3.24. The normalized spacial score (nSPS) is 20.5. The highest BCUT2D eigenvalue weighted by atomic mass is 32.2. The van der Waals surface area contributed by atoms with Crippen LogP contribution in [0.4, 0.5) is 0 Å². The van der Waals surface area contributed by atoms with E-state index in [2.05, 4.69) is 0 Å². The summed E-state index contributed by atoms with van der Waals surface area (Å²) in [5.41, 5.74) is 1.54. The Balaban J connectivity index is 1.58. The first kappa shape index (κ1) is 16.4. The van der Waals surface area contributed by atoms with Crippen molar-refractivity contribution in [2.24, 2.45) is 0 Å². The van der Waals surface area contributed by atoms with E-state index in [0.717, 1.165) is 10.4 Å². The molecule has 1 aliphatic rings. The van der Waals surface area contributed by atoms with Crippen molar-refractivity contribution in [1.82, 2.24) is 9.30 Å². The van der Waals surface area contributed by atoms with Gasteiger partial charge in [0.05, 0.1) is 16.6 Å². The van der Waals surface area contributed by atoms with E-state index in [-0.39, 0.29) is 18.2 Å². The Morgan fingerprint density at radius 2 is 2.04 bits per heavy atom. The van der Waals surface area contributed by atoms with Gasteiger partial charge in [-0.3, -0.25) is 4.79 Å². The largest absolute Gasteiger partial charge is 0.338 e. The SMILES string of the molecule is O=C(c1cc2ccccn2c1)N1CCC(c2cccs2)S(=O)(=O)CC1. The lowest BCUT2D eigenvalue weighted by Crippen LogP contribution is -2.33. The van der Waals surface area contributed by atoms with Crippen molar-refractivity contribution >= 4 is 32.6 Å². The summed E-state index contributed by atoms with van der Waals surface area (Å²) in [7, 11) is -3.24. The molecule has 0 N–H and O–H groups in total. The average Bonchev–Trinajstić information content (AvgIpc) is 3.23. The highest BCUT2D eigenvalue weighted by Gasteiger charge is 2.33. The summed E-state index contributed by atoms with van der Waals surface area (Å²) in [4.78, 5) is 15.4. The smallest absolute Gasteiger partial charge is 0.255 e. The van der Waals surface area contributed by atoms with Gasteiger partial charge >= 0.3 is 0 Å². The number of thiophene rings is 1. The Bertz CT molecular complexity index is 973. The van der Waals surface area contributed by atoms with Crippen LogP contribution in [0.3, 0.4) is 0 Å². The highest BCUT2D eigenvalue weighted by molar-refractivity contribution is 7.91. The number of nitrogens with zero attached hydrogens (tertiary/aromatic N) is 2. The molecule has 1 saturated heterocycles.